The summed E-state index contributed by atoms with van der Waals surface area (Å²) in [6.45, 7) is 7.10. The number of fused-ring (bicyclic) bond motifs is 1. The van der Waals surface area contributed by atoms with Crippen molar-refractivity contribution in [2.24, 2.45) is 5.73 Å². The summed E-state index contributed by atoms with van der Waals surface area (Å²) in [7, 11) is 0. The van der Waals surface area contributed by atoms with Gasteiger partial charge in [-0.2, -0.15) is 0 Å². The number of unbranched alkanes of at least 4 members (excludes halogenated alkanes) is 1. The Morgan fingerprint density at radius 1 is 1.28 bits per heavy atom. The molecule has 0 saturated carbocycles. The molecule has 0 aliphatic rings. The first kappa shape index (κ1) is 13.2. The lowest BCUT2D eigenvalue weighted by molar-refractivity contribution is 0.541. The number of benzene rings is 1. The molecule has 0 aliphatic heterocycles. The quantitative estimate of drug-likeness (QED) is 0.850. The fourth-order valence-electron chi connectivity index (χ4n) is 2.54. The molecule has 0 saturated heterocycles. The van der Waals surface area contributed by atoms with Crippen LogP contribution in [0, 0.1) is 0 Å². The molecule has 0 spiro atoms. The Balaban J connectivity index is 2.49. The molecule has 2 rings (SSSR count). The van der Waals surface area contributed by atoms with Crippen LogP contribution < -0.4 is 5.73 Å². The first-order chi connectivity index (χ1) is 8.67. The van der Waals surface area contributed by atoms with E-state index in [1.54, 1.807) is 0 Å². The third-order valence-corrected chi connectivity index (χ3v) is 3.45. The Bertz CT molecular complexity index is 525. The fourth-order valence-corrected chi connectivity index (χ4v) is 2.54. The molecule has 0 atom stereocenters. The van der Waals surface area contributed by atoms with E-state index in [0.29, 0.717) is 12.5 Å². The second-order valence-electron chi connectivity index (χ2n) is 5.23. The van der Waals surface area contributed by atoms with Crippen molar-refractivity contribution in [3.8, 4) is 0 Å². The maximum absolute atomic E-state index is 5.84. The minimum absolute atomic E-state index is 0.450. The normalized spacial score (nSPS) is 11.6. The molecule has 2 aromatic rings. The third-order valence-electron chi connectivity index (χ3n) is 3.45. The minimum Gasteiger partial charge on any atom is -0.459 e. The summed E-state index contributed by atoms with van der Waals surface area (Å²) in [6.07, 6.45) is 3.62. The van der Waals surface area contributed by atoms with E-state index in [1.165, 1.54) is 29.4 Å². The summed E-state index contributed by atoms with van der Waals surface area (Å²) in [4.78, 5) is 0. The first-order valence-electron chi connectivity index (χ1n) is 6.91. The summed E-state index contributed by atoms with van der Waals surface area (Å²) >= 11 is 0. The van der Waals surface area contributed by atoms with Gasteiger partial charge >= 0.3 is 0 Å². The molecule has 0 radical (unpaired) electrons. The van der Waals surface area contributed by atoms with Gasteiger partial charge in [0.15, 0.2) is 0 Å². The lowest BCUT2D eigenvalue weighted by Gasteiger charge is -2.05. The predicted molar refractivity (Wildman–Crippen MR) is 76.8 cm³/mol. The van der Waals surface area contributed by atoms with Crippen molar-refractivity contribution >= 4 is 11.0 Å². The van der Waals surface area contributed by atoms with Crippen molar-refractivity contribution in [2.45, 2.75) is 52.5 Å². The molecule has 0 amide bonds. The average Bonchev–Trinajstić information content (AvgIpc) is 2.73. The molecule has 2 heteroatoms. The molecular weight excluding hydrogens is 222 g/mol. The van der Waals surface area contributed by atoms with Crippen LogP contribution in [0.15, 0.2) is 22.6 Å². The maximum Gasteiger partial charge on any atom is 0.134 e. The molecule has 0 unspecified atom stereocenters. The average molecular weight is 245 g/mol. The second-order valence-corrected chi connectivity index (χ2v) is 5.23. The number of rotatable bonds is 5. The van der Waals surface area contributed by atoms with Crippen LogP contribution >= 0.6 is 0 Å². The molecule has 0 bridgehead atoms. The van der Waals surface area contributed by atoms with Gasteiger partial charge in [0.2, 0.25) is 0 Å². The van der Waals surface area contributed by atoms with Crippen molar-refractivity contribution in [3.63, 3.8) is 0 Å². The molecular formula is C16H23NO. The Morgan fingerprint density at radius 2 is 2.06 bits per heavy atom. The van der Waals surface area contributed by atoms with Crippen LogP contribution in [0.1, 0.15) is 56.4 Å². The minimum atomic E-state index is 0.450. The molecule has 1 aromatic heterocycles. The van der Waals surface area contributed by atoms with Gasteiger partial charge in [0.25, 0.3) is 0 Å². The standard InChI is InChI=1S/C16H23NO/c1-4-5-6-12-7-8-14-13(9-12)16(11(2)3)15(10-17)18-14/h7-9,11H,4-6,10,17H2,1-3H3. The van der Waals surface area contributed by atoms with Gasteiger partial charge in [-0.1, -0.05) is 33.3 Å². The molecule has 1 heterocycles. The van der Waals surface area contributed by atoms with Crippen molar-refractivity contribution in [3.05, 3.63) is 35.1 Å². The fraction of sp³-hybridized carbons (Fsp3) is 0.500. The summed E-state index contributed by atoms with van der Waals surface area (Å²) in [5.41, 5.74) is 9.43. The van der Waals surface area contributed by atoms with Gasteiger partial charge in [0, 0.05) is 10.9 Å². The van der Waals surface area contributed by atoms with Gasteiger partial charge < -0.3 is 10.2 Å². The van der Waals surface area contributed by atoms with Crippen molar-refractivity contribution in [1.29, 1.82) is 0 Å². The monoisotopic (exact) mass is 245 g/mol. The molecule has 98 valence electrons. The smallest absolute Gasteiger partial charge is 0.134 e. The number of nitrogens with two attached hydrogens (primary N) is 1. The Labute approximate surface area is 109 Å². The topological polar surface area (TPSA) is 39.2 Å². The highest BCUT2D eigenvalue weighted by molar-refractivity contribution is 5.83. The number of hydrogen-bond acceptors (Lipinski definition) is 2. The number of hydrogen-bond donors (Lipinski definition) is 1. The summed E-state index contributed by atoms with van der Waals surface area (Å²) in [6, 6.07) is 6.54. The largest absolute Gasteiger partial charge is 0.459 e. The SMILES string of the molecule is CCCCc1ccc2oc(CN)c(C(C)C)c2c1. The highest BCUT2D eigenvalue weighted by Crippen LogP contribution is 2.32. The van der Waals surface area contributed by atoms with E-state index in [4.69, 9.17) is 10.2 Å². The maximum atomic E-state index is 5.84. The van der Waals surface area contributed by atoms with Gasteiger partial charge in [-0.15, -0.1) is 0 Å². The van der Waals surface area contributed by atoms with Crippen LogP contribution in [0.4, 0.5) is 0 Å². The van der Waals surface area contributed by atoms with E-state index in [-0.39, 0.29) is 0 Å². The second kappa shape index (κ2) is 5.57. The van der Waals surface area contributed by atoms with E-state index in [2.05, 4.69) is 39.0 Å². The predicted octanol–water partition coefficient (Wildman–Crippen LogP) is 4.36. The Morgan fingerprint density at radius 3 is 2.67 bits per heavy atom. The molecule has 2 nitrogen and oxygen atoms in total. The van der Waals surface area contributed by atoms with Crippen molar-refractivity contribution < 1.29 is 4.42 Å². The molecule has 1 aromatic carbocycles. The Hall–Kier alpha value is -1.28. The van der Waals surface area contributed by atoms with Crippen molar-refractivity contribution in [2.75, 3.05) is 0 Å². The number of aryl methyl sites for hydroxylation is 1. The highest BCUT2D eigenvalue weighted by atomic mass is 16.3. The molecule has 0 fully saturated rings. The summed E-state index contributed by atoms with van der Waals surface area (Å²) in [5, 5.41) is 1.25. The Kier molecular flexibility index (Phi) is 4.07. The van der Waals surface area contributed by atoms with Gasteiger partial charge in [-0.25, -0.2) is 0 Å². The van der Waals surface area contributed by atoms with Gasteiger partial charge in [-0.05, 0) is 36.5 Å². The van der Waals surface area contributed by atoms with Crippen LogP contribution in [0.3, 0.4) is 0 Å². The van der Waals surface area contributed by atoms with Crippen LogP contribution in [-0.4, -0.2) is 0 Å². The van der Waals surface area contributed by atoms with Gasteiger partial charge in [0.05, 0.1) is 6.54 Å². The molecule has 18 heavy (non-hydrogen) atoms. The lowest BCUT2D eigenvalue weighted by atomic mass is 9.97. The van der Waals surface area contributed by atoms with Gasteiger partial charge in [0.1, 0.15) is 11.3 Å². The van der Waals surface area contributed by atoms with Crippen molar-refractivity contribution in [1.82, 2.24) is 0 Å². The van der Waals surface area contributed by atoms with Crippen LogP contribution in [-0.2, 0) is 13.0 Å². The lowest BCUT2D eigenvalue weighted by Crippen LogP contribution is -1.99. The van der Waals surface area contributed by atoms with E-state index in [0.717, 1.165) is 17.8 Å². The van der Waals surface area contributed by atoms with E-state index in [9.17, 15) is 0 Å². The molecule has 0 aliphatic carbocycles. The summed E-state index contributed by atoms with van der Waals surface area (Å²) < 4.78 is 5.84. The zero-order valence-corrected chi connectivity index (χ0v) is 11.6. The third kappa shape index (κ3) is 2.44. The zero-order valence-electron chi connectivity index (χ0n) is 11.6. The van der Waals surface area contributed by atoms with Crippen LogP contribution in [0.25, 0.3) is 11.0 Å². The van der Waals surface area contributed by atoms with Gasteiger partial charge in [-0.3, -0.25) is 0 Å². The summed E-state index contributed by atoms with van der Waals surface area (Å²) in [5.74, 6) is 1.39. The van der Waals surface area contributed by atoms with E-state index < -0.39 is 0 Å². The van der Waals surface area contributed by atoms with E-state index in [1.807, 2.05) is 0 Å². The van der Waals surface area contributed by atoms with Crippen LogP contribution in [0.2, 0.25) is 0 Å². The first-order valence-corrected chi connectivity index (χ1v) is 6.91. The number of furan rings is 1. The highest BCUT2D eigenvalue weighted by Gasteiger charge is 2.16. The molecule has 2 N–H and O–H groups in total. The zero-order chi connectivity index (χ0) is 13.1. The van der Waals surface area contributed by atoms with E-state index >= 15 is 0 Å². The van der Waals surface area contributed by atoms with Crippen LogP contribution in [0.5, 0.6) is 0 Å².